The first-order chi connectivity index (χ1) is 10.7. The first-order valence-electron chi connectivity index (χ1n) is 7.88. The van der Waals surface area contributed by atoms with Crippen LogP contribution in [0.2, 0.25) is 0 Å². The fraction of sp³-hybridized carbons (Fsp3) is 0.562. The molecule has 0 unspecified atom stereocenters. The van der Waals surface area contributed by atoms with E-state index in [1.807, 2.05) is 26.1 Å². The van der Waals surface area contributed by atoms with Gasteiger partial charge in [0.1, 0.15) is 17.9 Å². The van der Waals surface area contributed by atoms with Crippen LogP contribution in [-0.4, -0.2) is 45.5 Å². The van der Waals surface area contributed by atoms with Gasteiger partial charge < -0.3 is 14.6 Å². The molecule has 0 atom stereocenters. The lowest BCUT2D eigenvalue weighted by atomic mass is 10.0. The number of hydrogen-bond acceptors (Lipinski definition) is 6. The largest absolute Gasteiger partial charge is 0.446 e. The number of aromatic nitrogens is 3. The van der Waals surface area contributed by atoms with Crippen LogP contribution in [0.25, 0.3) is 0 Å². The number of hydrogen-bond donors (Lipinski definition) is 1. The first-order valence-corrected chi connectivity index (χ1v) is 7.88. The fourth-order valence-corrected chi connectivity index (χ4v) is 2.83. The predicted molar refractivity (Wildman–Crippen MR) is 84.8 cm³/mol. The highest BCUT2D eigenvalue weighted by molar-refractivity contribution is 5.35. The van der Waals surface area contributed by atoms with E-state index >= 15 is 0 Å². The summed E-state index contributed by atoms with van der Waals surface area (Å²) in [6, 6.07) is 2.50. The quantitative estimate of drug-likeness (QED) is 0.913. The molecule has 118 valence electrons. The van der Waals surface area contributed by atoms with Crippen LogP contribution in [-0.2, 0) is 6.42 Å². The highest BCUT2D eigenvalue weighted by atomic mass is 16.3. The van der Waals surface area contributed by atoms with Crippen molar-refractivity contribution in [2.45, 2.75) is 39.2 Å². The average molecular weight is 301 g/mol. The van der Waals surface area contributed by atoms with Gasteiger partial charge >= 0.3 is 0 Å². The zero-order chi connectivity index (χ0) is 15.4. The third kappa shape index (κ3) is 4.04. The van der Waals surface area contributed by atoms with Crippen molar-refractivity contribution in [1.29, 1.82) is 0 Å². The van der Waals surface area contributed by atoms with Crippen molar-refractivity contribution >= 4 is 5.82 Å². The summed E-state index contributed by atoms with van der Waals surface area (Å²) in [4.78, 5) is 15.0. The van der Waals surface area contributed by atoms with Crippen molar-refractivity contribution in [3.8, 4) is 0 Å². The standard InChI is InChI=1S/C16H23N5O/c1-12-9-16(19-11-18-12)20-14-3-6-21(7-4-14)8-5-15-10-17-13(2)22-15/h9-11,14H,3-8H2,1-2H3,(H,18,19,20). The summed E-state index contributed by atoms with van der Waals surface area (Å²) in [5, 5.41) is 3.51. The smallest absolute Gasteiger partial charge is 0.191 e. The number of oxazole rings is 1. The molecule has 1 saturated heterocycles. The number of nitrogens with one attached hydrogen (secondary N) is 1. The molecule has 0 saturated carbocycles. The van der Waals surface area contributed by atoms with Crippen LogP contribution >= 0.6 is 0 Å². The molecular formula is C16H23N5O. The van der Waals surface area contributed by atoms with Crippen molar-refractivity contribution in [2.24, 2.45) is 0 Å². The molecule has 3 rings (SSSR count). The van der Waals surface area contributed by atoms with Crippen LogP contribution in [0, 0.1) is 13.8 Å². The summed E-state index contributed by atoms with van der Waals surface area (Å²) < 4.78 is 5.52. The van der Waals surface area contributed by atoms with Gasteiger partial charge in [-0.1, -0.05) is 0 Å². The topological polar surface area (TPSA) is 67.1 Å². The lowest BCUT2D eigenvalue weighted by molar-refractivity contribution is 0.217. The molecule has 3 heterocycles. The van der Waals surface area contributed by atoms with Gasteiger partial charge in [0.15, 0.2) is 5.89 Å². The molecule has 1 fully saturated rings. The summed E-state index contributed by atoms with van der Waals surface area (Å²) in [5.41, 5.74) is 0.997. The van der Waals surface area contributed by atoms with E-state index < -0.39 is 0 Å². The van der Waals surface area contributed by atoms with E-state index in [-0.39, 0.29) is 0 Å². The molecule has 2 aromatic rings. The van der Waals surface area contributed by atoms with Gasteiger partial charge in [0, 0.05) is 50.8 Å². The summed E-state index contributed by atoms with van der Waals surface area (Å²) in [7, 11) is 0. The minimum absolute atomic E-state index is 0.498. The first kappa shape index (κ1) is 15.0. The molecule has 1 aliphatic heterocycles. The van der Waals surface area contributed by atoms with Crippen molar-refractivity contribution in [1.82, 2.24) is 19.9 Å². The molecule has 0 amide bonds. The Morgan fingerprint density at radius 1 is 1.23 bits per heavy atom. The Hall–Kier alpha value is -1.95. The van der Waals surface area contributed by atoms with E-state index in [1.54, 1.807) is 6.33 Å². The molecule has 6 heteroatoms. The van der Waals surface area contributed by atoms with Gasteiger partial charge in [-0.15, -0.1) is 0 Å². The Bertz CT molecular complexity index is 604. The maximum Gasteiger partial charge on any atom is 0.191 e. The lowest BCUT2D eigenvalue weighted by Gasteiger charge is -2.32. The molecule has 0 bridgehead atoms. The third-order valence-corrected chi connectivity index (χ3v) is 4.09. The van der Waals surface area contributed by atoms with Gasteiger partial charge in [0.2, 0.25) is 0 Å². The number of nitrogens with zero attached hydrogens (tertiary/aromatic N) is 4. The highest BCUT2D eigenvalue weighted by Gasteiger charge is 2.19. The molecule has 1 N–H and O–H groups in total. The average Bonchev–Trinajstić information content (AvgIpc) is 2.92. The van der Waals surface area contributed by atoms with E-state index in [0.717, 1.165) is 62.1 Å². The second-order valence-electron chi connectivity index (χ2n) is 5.90. The maximum atomic E-state index is 5.52. The Morgan fingerprint density at radius 2 is 2.05 bits per heavy atom. The molecule has 2 aromatic heterocycles. The van der Waals surface area contributed by atoms with E-state index in [4.69, 9.17) is 4.42 Å². The molecular weight excluding hydrogens is 278 g/mol. The predicted octanol–water partition coefficient (Wildman–Crippen LogP) is 2.20. The van der Waals surface area contributed by atoms with Gasteiger partial charge in [-0.05, 0) is 19.8 Å². The van der Waals surface area contributed by atoms with Crippen LogP contribution in [0.5, 0.6) is 0 Å². The molecule has 0 aromatic carbocycles. The Balaban J connectivity index is 1.42. The minimum Gasteiger partial charge on any atom is -0.446 e. The Morgan fingerprint density at radius 3 is 2.73 bits per heavy atom. The summed E-state index contributed by atoms with van der Waals surface area (Å²) in [6.45, 7) is 7.12. The van der Waals surface area contributed by atoms with E-state index in [2.05, 4.69) is 25.2 Å². The van der Waals surface area contributed by atoms with Crippen molar-refractivity contribution in [2.75, 3.05) is 25.0 Å². The molecule has 0 spiro atoms. The molecule has 0 radical (unpaired) electrons. The van der Waals surface area contributed by atoms with Gasteiger partial charge in [-0.2, -0.15) is 0 Å². The monoisotopic (exact) mass is 301 g/mol. The van der Waals surface area contributed by atoms with Crippen LogP contribution in [0.1, 0.15) is 30.2 Å². The third-order valence-electron chi connectivity index (χ3n) is 4.09. The van der Waals surface area contributed by atoms with Crippen LogP contribution in [0.3, 0.4) is 0 Å². The van der Waals surface area contributed by atoms with Gasteiger partial charge in [-0.25, -0.2) is 15.0 Å². The van der Waals surface area contributed by atoms with Crippen molar-refractivity contribution in [3.63, 3.8) is 0 Å². The number of rotatable bonds is 5. The summed E-state index contributed by atoms with van der Waals surface area (Å²) in [6.07, 6.45) is 6.66. The van der Waals surface area contributed by atoms with E-state index in [1.165, 1.54) is 0 Å². The second kappa shape index (κ2) is 6.87. The fourth-order valence-electron chi connectivity index (χ4n) is 2.83. The molecule has 1 aliphatic rings. The maximum absolute atomic E-state index is 5.52. The summed E-state index contributed by atoms with van der Waals surface area (Å²) >= 11 is 0. The van der Waals surface area contributed by atoms with E-state index in [9.17, 15) is 0 Å². The minimum atomic E-state index is 0.498. The molecule has 22 heavy (non-hydrogen) atoms. The number of piperidine rings is 1. The van der Waals surface area contributed by atoms with Crippen molar-refractivity contribution in [3.05, 3.63) is 35.9 Å². The second-order valence-corrected chi connectivity index (χ2v) is 5.90. The van der Waals surface area contributed by atoms with Crippen LogP contribution < -0.4 is 5.32 Å². The van der Waals surface area contributed by atoms with Gasteiger partial charge in [-0.3, -0.25) is 0 Å². The molecule has 0 aliphatic carbocycles. The van der Waals surface area contributed by atoms with Crippen molar-refractivity contribution < 1.29 is 4.42 Å². The highest BCUT2D eigenvalue weighted by Crippen LogP contribution is 2.16. The number of anilines is 1. The van der Waals surface area contributed by atoms with Gasteiger partial charge in [0.25, 0.3) is 0 Å². The van der Waals surface area contributed by atoms with Crippen LogP contribution in [0.15, 0.2) is 23.0 Å². The Labute approximate surface area is 131 Å². The van der Waals surface area contributed by atoms with Crippen LogP contribution in [0.4, 0.5) is 5.82 Å². The number of aryl methyl sites for hydroxylation is 2. The van der Waals surface area contributed by atoms with E-state index in [0.29, 0.717) is 6.04 Å². The zero-order valence-corrected chi connectivity index (χ0v) is 13.2. The summed E-state index contributed by atoms with van der Waals surface area (Å²) in [5.74, 6) is 2.66. The normalized spacial score (nSPS) is 16.8. The van der Waals surface area contributed by atoms with Gasteiger partial charge in [0.05, 0.1) is 6.20 Å². The SMILES string of the molecule is Cc1cc(NC2CCN(CCc3cnc(C)o3)CC2)ncn1. The Kier molecular flexibility index (Phi) is 4.68. The molecule has 6 nitrogen and oxygen atoms in total. The zero-order valence-electron chi connectivity index (χ0n) is 13.2. The lowest BCUT2D eigenvalue weighted by Crippen LogP contribution is -2.40. The number of likely N-dealkylation sites (tertiary alicyclic amines) is 1.